The van der Waals surface area contributed by atoms with Crippen LogP contribution in [0.4, 0.5) is 5.69 Å². The van der Waals surface area contributed by atoms with Crippen molar-refractivity contribution in [2.45, 2.75) is 4.90 Å². The van der Waals surface area contributed by atoms with Gasteiger partial charge >= 0.3 is 0 Å². The maximum Gasteiger partial charge on any atom is 0.265 e. The van der Waals surface area contributed by atoms with E-state index in [1.54, 1.807) is 62.2 Å². The van der Waals surface area contributed by atoms with Crippen molar-refractivity contribution in [1.82, 2.24) is 15.0 Å². The van der Waals surface area contributed by atoms with Gasteiger partial charge in [0.25, 0.3) is 10.0 Å². The third-order valence-corrected chi connectivity index (χ3v) is 7.31. The van der Waals surface area contributed by atoms with E-state index in [0.717, 1.165) is 27.6 Å². The van der Waals surface area contributed by atoms with Crippen molar-refractivity contribution in [2.75, 3.05) is 11.4 Å². The topological polar surface area (TPSA) is 76.1 Å². The fourth-order valence-electron chi connectivity index (χ4n) is 3.76. The molecule has 0 aliphatic heterocycles. The average Bonchev–Trinajstić information content (AvgIpc) is 2.88. The molecule has 0 saturated carbocycles. The number of hydrogen-bond acceptors (Lipinski definition) is 5. The Morgan fingerprint density at radius 3 is 2.30 bits per heavy atom. The molecule has 33 heavy (non-hydrogen) atoms. The molecule has 0 fully saturated rings. The normalized spacial score (nSPS) is 11.4. The van der Waals surface area contributed by atoms with E-state index in [1.807, 2.05) is 42.5 Å². The van der Waals surface area contributed by atoms with E-state index in [2.05, 4.69) is 15.0 Å². The first-order valence-corrected chi connectivity index (χ1v) is 11.8. The van der Waals surface area contributed by atoms with E-state index < -0.39 is 10.0 Å². The molecule has 2 aromatic carbocycles. The van der Waals surface area contributed by atoms with Crippen LogP contribution in [0.25, 0.3) is 33.2 Å². The third kappa shape index (κ3) is 3.94. The molecule has 7 heteroatoms. The van der Waals surface area contributed by atoms with Crippen molar-refractivity contribution in [2.24, 2.45) is 0 Å². The van der Waals surface area contributed by atoms with Crippen molar-refractivity contribution >= 4 is 26.6 Å². The number of rotatable bonds is 5. The van der Waals surface area contributed by atoms with Gasteiger partial charge in [-0.05, 0) is 65.2 Å². The predicted octanol–water partition coefficient (Wildman–Crippen LogP) is 5.18. The van der Waals surface area contributed by atoms with E-state index in [1.165, 1.54) is 10.5 Å². The van der Waals surface area contributed by atoms with Gasteiger partial charge in [0.05, 0.1) is 11.2 Å². The van der Waals surface area contributed by atoms with Gasteiger partial charge in [-0.25, -0.2) is 8.42 Å². The molecule has 0 aliphatic rings. The monoisotopic (exact) mass is 452 g/mol. The Bertz CT molecular complexity index is 1540. The van der Waals surface area contributed by atoms with Crippen LogP contribution in [0.3, 0.4) is 0 Å². The number of fused-ring (bicyclic) bond motifs is 1. The summed E-state index contributed by atoms with van der Waals surface area (Å²) in [6.07, 6.45) is 8.35. The van der Waals surface area contributed by atoms with Crippen LogP contribution >= 0.6 is 0 Å². The van der Waals surface area contributed by atoms with E-state index >= 15 is 0 Å². The first-order chi connectivity index (χ1) is 16.0. The Hall–Kier alpha value is -4.10. The molecule has 6 nitrogen and oxygen atoms in total. The fraction of sp³-hybridized carbons (Fsp3) is 0.0385. The van der Waals surface area contributed by atoms with E-state index in [-0.39, 0.29) is 4.90 Å². The minimum Gasteiger partial charge on any atom is -0.269 e. The lowest BCUT2D eigenvalue weighted by molar-refractivity contribution is 0.594. The standard InChI is InChI=1S/C26H20N4O2S/c1-30(22-5-3-2-4-6-22)33(31,32)23-15-21(17-28-18-23)20-7-8-26-25(16-20)24(11-14-29-26)19-9-12-27-13-10-19/h2-18H,1H3. The molecule has 0 atom stereocenters. The van der Waals surface area contributed by atoms with Gasteiger partial charge in [-0.15, -0.1) is 0 Å². The molecular weight excluding hydrogens is 432 g/mol. The van der Waals surface area contributed by atoms with Crippen molar-refractivity contribution in [1.29, 1.82) is 0 Å². The Balaban J connectivity index is 1.58. The van der Waals surface area contributed by atoms with Gasteiger partial charge in [0, 0.05) is 49.0 Å². The van der Waals surface area contributed by atoms with Crippen LogP contribution in [0.1, 0.15) is 0 Å². The zero-order chi connectivity index (χ0) is 22.8. The molecule has 0 N–H and O–H groups in total. The summed E-state index contributed by atoms with van der Waals surface area (Å²) in [4.78, 5) is 12.9. The highest BCUT2D eigenvalue weighted by molar-refractivity contribution is 7.92. The zero-order valence-electron chi connectivity index (χ0n) is 17.8. The van der Waals surface area contributed by atoms with Gasteiger partial charge in [0.15, 0.2) is 0 Å². The summed E-state index contributed by atoms with van der Waals surface area (Å²) in [5.41, 5.74) is 5.08. The van der Waals surface area contributed by atoms with Gasteiger partial charge in [-0.2, -0.15) is 0 Å². The lowest BCUT2D eigenvalue weighted by atomic mass is 9.98. The molecule has 0 amide bonds. The van der Waals surface area contributed by atoms with Crippen LogP contribution in [-0.4, -0.2) is 30.4 Å². The molecule has 162 valence electrons. The van der Waals surface area contributed by atoms with Crippen molar-refractivity contribution in [3.05, 3.63) is 104 Å². The van der Waals surface area contributed by atoms with Crippen molar-refractivity contribution < 1.29 is 8.42 Å². The van der Waals surface area contributed by atoms with Gasteiger partial charge in [0.1, 0.15) is 4.90 Å². The van der Waals surface area contributed by atoms with Gasteiger partial charge in [0.2, 0.25) is 0 Å². The number of para-hydroxylation sites is 1. The molecule has 0 aliphatic carbocycles. The highest BCUT2D eigenvalue weighted by atomic mass is 32.2. The number of aromatic nitrogens is 3. The van der Waals surface area contributed by atoms with E-state index in [4.69, 9.17) is 0 Å². The largest absolute Gasteiger partial charge is 0.269 e. The maximum absolute atomic E-state index is 13.2. The van der Waals surface area contributed by atoms with Crippen molar-refractivity contribution in [3.8, 4) is 22.3 Å². The molecule has 0 radical (unpaired) electrons. The van der Waals surface area contributed by atoms with Gasteiger partial charge in [-0.1, -0.05) is 24.3 Å². The number of anilines is 1. The molecule has 5 rings (SSSR count). The van der Waals surface area contributed by atoms with Gasteiger partial charge < -0.3 is 0 Å². The average molecular weight is 453 g/mol. The summed E-state index contributed by atoms with van der Waals surface area (Å²) < 4.78 is 27.7. The quantitative estimate of drug-likeness (QED) is 0.367. The Morgan fingerprint density at radius 2 is 1.52 bits per heavy atom. The maximum atomic E-state index is 13.2. The summed E-state index contributed by atoms with van der Waals surface area (Å²) in [6.45, 7) is 0. The highest BCUT2D eigenvalue weighted by Crippen LogP contribution is 2.32. The molecule has 5 aromatic rings. The lowest BCUT2D eigenvalue weighted by Gasteiger charge is -2.19. The minimum absolute atomic E-state index is 0.131. The molecule has 0 spiro atoms. The smallest absolute Gasteiger partial charge is 0.265 e. The fourth-order valence-corrected chi connectivity index (χ4v) is 4.95. The Morgan fingerprint density at radius 1 is 0.727 bits per heavy atom. The summed E-state index contributed by atoms with van der Waals surface area (Å²) in [5.74, 6) is 0. The molecule has 0 unspecified atom stereocenters. The Labute approximate surface area is 192 Å². The first-order valence-electron chi connectivity index (χ1n) is 10.3. The molecule has 0 bridgehead atoms. The van der Waals surface area contributed by atoms with Crippen LogP contribution in [0.2, 0.25) is 0 Å². The lowest BCUT2D eigenvalue weighted by Crippen LogP contribution is -2.26. The summed E-state index contributed by atoms with van der Waals surface area (Å²) in [7, 11) is -2.22. The number of hydrogen-bond donors (Lipinski definition) is 0. The minimum atomic E-state index is -3.76. The van der Waals surface area contributed by atoms with Gasteiger partial charge in [-0.3, -0.25) is 19.3 Å². The van der Waals surface area contributed by atoms with Crippen LogP contribution in [-0.2, 0) is 10.0 Å². The molecule has 3 aromatic heterocycles. The summed E-state index contributed by atoms with van der Waals surface area (Å²) >= 11 is 0. The second kappa shape index (κ2) is 8.44. The number of benzene rings is 2. The first kappa shape index (κ1) is 20.8. The zero-order valence-corrected chi connectivity index (χ0v) is 18.6. The second-order valence-electron chi connectivity index (χ2n) is 7.54. The van der Waals surface area contributed by atoms with Crippen LogP contribution in [0, 0.1) is 0 Å². The molecular formula is C26H20N4O2S. The van der Waals surface area contributed by atoms with E-state index in [9.17, 15) is 8.42 Å². The number of nitrogens with zero attached hydrogens (tertiary/aromatic N) is 4. The van der Waals surface area contributed by atoms with E-state index in [0.29, 0.717) is 11.3 Å². The number of sulfonamides is 1. The summed E-state index contributed by atoms with van der Waals surface area (Å²) in [5, 5.41) is 0.968. The van der Waals surface area contributed by atoms with Crippen LogP contribution < -0.4 is 4.31 Å². The summed E-state index contributed by atoms with van der Waals surface area (Å²) in [6, 6.07) is 22.4. The predicted molar refractivity (Wildman–Crippen MR) is 130 cm³/mol. The number of pyridine rings is 3. The van der Waals surface area contributed by atoms with Crippen molar-refractivity contribution in [3.63, 3.8) is 0 Å². The van der Waals surface area contributed by atoms with Crippen LogP contribution in [0.15, 0.2) is 109 Å². The Kier molecular flexibility index (Phi) is 5.32. The third-order valence-electron chi connectivity index (χ3n) is 5.56. The highest BCUT2D eigenvalue weighted by Gasteiger charge is 2.22. The van der Waals surface area contributed by atoms with Crippen LogP contribution in [0.5, 0.6) is 0 Å². The molecule has 0 saturated heterocycles. The second-order valence-corrected chi connectivity index (χ2v) is 9.51. The molecule has 3 heterocycles. The SMILES string of the molecule is CN(c1ccccc1)S(=O)(=O)c1cncc(-c2ccc3nccc(-c4ccncc4)c3c2)c1.